The summed E-state index contributed by atoms with van der Waals surface area (Å²) in [4.78, 5) is 16.1. The number of fused-ring (bicyclic) bond motifs is 1. The summed E-state index contributed by atoms with van der Waals surface area (Å²) < 4.78 is 13.7. The Labute approximate surface area is 113 Å². The molecule has 98 valence electrons. The topological polar surface area (TPSA) is 67.8 Å². The second-order valence-electron chi connectivity index (χ2n) is 4.06. The van der Waals surface area contributed by atoms with E-state index in [-0.39, 0.29) is 11.8 Å². The predicted molar refractivity (Wildman–Crippen MR) is 71.7 cm³/mol. The van der Waals surface area contributed by atoms with Gasteiger partial charge < -0.3 is 0 Å². The summed E-state index contributed by atoms with van der Waals surface area (Å²) >= 11 is 0. The summed E-state index contributed by atoms with van der Waals surface area (Å²) in [5, 5.41) is 10.8. The van der Waals surface area contributed by atoms with Crippen molar-refractivity contribution in [2.75, 3.05) is 5.32 Å². The molecular formula is C14H9FN4O. The third-order valence-electron chi connectivity index (χ3n) is 2.82. The summed E-state index contributed by atoms with van der Waals surface area (Å²) in [7, 11) is 0. The van der Waals surface area contributed by atoms with Crippen molar-refractivity contribution in [3.05, 3.63) is 60.2 Å². The summed E-state index contributed by atoms with van der Waals surface area (Å²) in [5.74, 6) is -0.671. The zero-order valence-corrected chi connectivity index (χ0v) is 10.2. The number of halogens is 1. The van der Waals surface area contributed by atoms with Crippen molar-refractivity contribution in [2.45, 2.75) is 0 Å². The molecule has 0 radical (unpaired) electrons. The number of nitrogens with zero attached hydrogens (tertiary/aromatic N) is 3. The smallest absolute Gasteiger partial charge is 0.258 e. The fourth-order valence-corrected chi connectivity index (χ4v) is 1.93. The Hall–Kier alpha value is -2.89. The fourth-order valence-electron chi connectivity index (χ4n) is 1.93. The van der Waals surface area contributed by atoms with E-state index in [2.05, 4.69) is 20.5 Å². The molecule has 1 amide bonds. The lowest BCUT2D eigenvalue weighted by Crippen LogP contribution is -2.15. The quantitative estimate of drug-likeness (QED) is 0.775. The van der Waals surface area contributed by atoms with E-state index < -0.39 is 5.91 Å². The molecule has 2 aromatic carbocycles. The van der Waals surface area contributed by atoms with Gasteiger partial charge in [0.2, 0.25) is 5.95 Å². The third kappa shape index (κ3) is 2.18. The number of amides is 1. The van der Waals surface area contributed by atoms with Crippen LogP contribution in [0.1, 0.15) is 10.4 Å². The van der Waals surface area contributed by atoms with E-state index in [1.807, 2.05) is 0 Å². The minimum Gasteiger partial charge on any atom is -0.289 e. The number of carbonyl (C=O) groups excluding carboxylic acids is 1. The molecule has 1 heterocycles. The molecule has 0 atom stereocenters. The average Bonchev–Trinajstić information content (AvgIpc) is 2.49. The molecule has 5 nitrogen and oxygen atoms in total. The van der Waals surface area contributed by atoms with Crippen LogP contribution in [0, 0.1) is 5.82 Å². The van der Waals surface area contributed by atoms with Gasteiger partial charge in [0.05, 0.1) is 12.4 Å². The second-order valence-corrected chi connectivity index (χ2v) is 4.06. The lowest BCUT2D eigenvalue weighted by molar-refractivity contribution is 0.102. The molecule has 6 heteroatoms. The Morgan fingerprint density at radius 2 is 1.85 bits per heavy atom. The first-order valence-corrected chi connectivity index (χ1v) is 5.88. The minimum atomic E-state index is -0.408. The van der Waals surface area contributed by atoms with Crippen molar-refractivity contribution in [3.8, 4) is 0 Å². The molecule has 0 aliphatic heterocycles. The van der Waals surface area contributed by atoms with Gasteiger partial charge in [0, 0.05) is 10.9 Å². The molecule has 0 bridgehead atoms. The molecule has 20 heavy (non-hydrogen) atoms. The molecule has 3 rings (SSSR count). The van der Waals surface area contributed by atoms with Crippen LogP contribution in [0.2, 0.25) is 0 Å². The number of nitrogens with one attached hydrogen (secondary N) is 1. The van der Waals surface area contributed by atoms with Crippen LogP contribution in [0.5, 0.6) is 0 Å². The monoisotopic (exact) mass is 268 g/mol. The van der Waals surface area contributed by atoms with E-state index in [0.717, 1.165) is 0 Å². The van der Waals surface area contributed by atoms with Crippen molar-refractivity contribution >= 4 is 22.6 Å². The van der Waals surface area contributed by atoms with Crippen LogP contribution in [0.4, 0.5) is 10.3 Å². The molecule has 0 saturated heterocycles. The minimum absolute atomic E-state index is 0.103. The number of hydrogen-bond acceptors (Lipinski definition) is 4. The second kappa shape index (κ2) is 5.00. The number of rotatable bonds is 2. The maximum Gasteiger partial charge on any atom is 0.258 e. The standard InChI is InChI=1S/C14H9FN4O/c15-12-6-5-11(9-3-1-2-4-10(9)12)13(20)18-14-16-7-8-17-19-14/h1-8H,(H,16,18,19,20). The van der Waals surface area contributed by atoms with Gasteiger partial charge >= 0.3 is 0 Å². The summed E-state index contributed by atoms with van der Waals surface area (Å²) in [5.41, 5.74) is 0.356. The number of carbonyl (C=O) groups is 1. The Balaban J connectivity index is 2.02. The summed E-state index contributed by atoms with van der Waals surface area (Å²) in [6.45, 7) is 0. The number of hydrogen-bond donors (Lipinski definition) is 1. The van der Waals surface area contributed by atoms with Gasteiger partial charge in [0.1, 0.15) is 5.82 Å². The van der Waals surface area contributed by atoms with Crippen molar-refractivity contribution in [1.29, 1.82) is 0 Å². The predicted octanol–water partition coefficient (Wildman–Crippen LogP) is 2.42. The molecule has 1 aromatic heterocycles. The van der Waals surface area contributed by atoms with Crippen molar-refractivity contribution in [3.63, 3.8) is 0 Å². The molecule has 0 spiro atoms. The van der Waals surface area contributed by atoms with Gasteiger partial charge in [-0.05, 0) is 17.5 Å². The molecule has 0 unspecified atom stereocenters. The van der Waals surface area contributed by atoms with Gasteiger partial charge in [-0.3, -0.25) is 10.1 Å². The largest absolute Gasteiger partial charge is 0.289 e. The average molecular weight is 268 g/mol. The van der Waals surface area contributed by atoms with Crippen molar-refractivity contribution < 1.29 is 9.18 Å². The van der Waals surface area contributed by atoms with Crippen LogP contribution in [0.25, 0.3) is 10.8 Å². The van der Waals surface area contributed by atoms with E-state index in [9.17, 15) is 9.18 Å². The fraction of sp³-hybridized carbons (Fsp3) is 0. The first-order chi connectivity index (χ1) is 9.75. The molecular weight excluding hydrogens is 259 g/mol. The van der Waals surface area contributed by atoms with Crippen LogP contribution < -0.4 is 5.32 Å². The maximum atomic E-state index is 13.7. The molecule has 0 aliphatic rings. The Morgan fingerprint density at radius 1 is 1.05 bits per heavy atom. The highest BCUT2D eigenvalue weighted by atomic mass is 19.1. The van der Waals surface area contributed by atoms with Gasteiger partial charge in [-0.2, -0.15) is 5.10 Å². The lowest BCUT2D eigenvalue weighted by Gasteiger charge is -2.07. The Morgan fingerprint density at radius 3 is 2.60 bits per heavy atom. The molecule has 1 N–H and O–H groups in total. The number of anilines is 1. The van der Waals surface area contributed by atoms with Crippen LogP contribution in [0.3, 0.4) is 0 Å². The Kier molecular flexibility index (Phi) is 3.04. The third-order valence-corrected chi connectivity index (χ3v) is 2.82. The maximum absolute atomic E-state index is 13.7. The van der Waals surface area contributed by atoms with E-state index in [1.165, 1.54) is 24.5 Å². The van der Waals surface area contributed by atoms with Crippen molar-refractivity contribution in [1.82, 2.24) is 15.2 Å². The molecule has 3 aromatic rings. The van der Waals surface area contributed by atoms with E-state index in [0.29, 0.717) is 16.3 Å². The first-order valence-electron chi connectivity index (χ1n) is 5.88. The van der Waals surface area contributed by atoms with E-state index >= 15 is 0 Å². The van der Waals surface area contributed by atoms with Gasteiger partial charge in [-0.15, -0.1) is 5.10 Å². The number of benzene rings is 2. The lowest BCUT2D eigenvalue weighted by atomic mass is 10.0. The summed E-state index contributed by atoms with van der Waals surface area (Å²) in [6.07, 6.45) is 2.83. The van der Waals surface area contributed by atoms with E-state index in [1.54, 1.807) is 24.3 Å². The van der Waals surface area contributed by atoms with Crippen LogP contribution in [0.15, 0.2) is 48.8 Å². The van der Waals surface area contributed by atoms with Crippen molar-refractivity contribution in [2.24, 2.45) is 0 Å². The normalized spacial score (nSPS) is 10.4. The number of aromatic nitrogens is 3. The van der Waals surface area contributed by atoms with Gasteiger partial charge in [0.15, 0.2) is 0 Å². The Bertz CT molecular complexity index is 776. The van der Waals surface area contributed by atoms with Gasteiger partial charge in [0.25, 0.3) is 5.91 Å². The van der Waals surface area contributed by atoms with Gasteiger partial charge in [-0.25, -0.2) is 9.37 Å². The zero-order chi connectivity index (χ0) is 13.9. The van der Waals surface area contributed by atoms with E-state index in [4.69, 9.17) is 0 Å². The van der Waals surface area contributed by atoms with Gasteiger partial charge in [-0.1, -0.05) is 24.3 Å². The molecule has 0 saturated carbocycles. The SMILES string of the molecule is O=C(Nc1nccnn1)c1ccc(F)c2ccccc12. The highest BCUT2D eigenvalue weighted by Crippen LogP contribution is 2.22. The highest BCUT2D eigenvalue weighted by molar-refractivity contribution is 6.12. The zero-order valence-electron chi connectivity index (χ0n) is 10.2. The van der Waals surface area contributed by atoms with Crippen LogP contribution >= 0.6 is 0 Å². The van der Waals surface area contributed by atoms with Crippen LogP contribution in [-0.4, -0.2) is 21.1 Å². The highest BCUT2D eigenvalue weighted by Gasteiger charge is 2.13. The summed E-state index contributed by atoms with van der Waals surface area (Å²) in [6, 6.07) is 9.49. The molecule has 0 fully saturated rings. The molecule has 0 aliphatic carbocycles. The van der Waals surface area contributed by atoms with Crippen LogP contribution in [-0.2, 0) is 0 Å². The first kappa shape index (κ1) is 12.2.